The molecule has 15 heavy (non-hydrogen) atoms. The summed E-state index contributed by atoms with van der Waals surface area (Å²) >= 11 is 6.71. The second-order valence-corrected chi connectivity index (χ2v) is 3.80. The van der Waals surface area contributed by atoms with Crippen LogP contribution in [0.15, 0.2) is 6.20 Å². The molecule has 1 heterocycles. The molecule has 0 amide bonds. The molecule has 0 aromatic carbocycles. The maximum Gasteiger partial charge on any atom is 0.267 e. The molecule has 0 bridgehead atoms. The van der Waals surface area contributed by atoms with Crippen molar-refractivity contribution >= 4 is 39.4 Å². The number of alkyl halides is 2. The standard InChI is InChI=1S/C8H2ClF2IN2O/c9-6(15)4-2-14-8(12)5(7(10)11)3(4)1-13/h2,7H. The fourth-order valence-electron chi connectivity index (χ4n) is 0.972. The van der Waals surface area contributed by atoms with E-state index < -0.39 is 22.8 Å². The lowest BCUT2D eigenvalue weighted by Crippen LogP contribution is -2.05. The highest BCUT2D eigenvalue weighted by atomic mass is 127. The van der Waals surface area contributed by atoms with Crippen molar-refractivity contribution in [3.05, 3.63) is 26.6 Å². The fourth-order valence-corrected chi connectivity index (χ4v) is 1.76. The Bertz CT molecular complexity index is 459. The number of hydrogen-bond donors (Lipinski definition) is 0. The highest BCUT2D eigenvalue weighted by Gasteiger charge is 2.23. The van der Waals surface area contributed by atoms with Gasteiger partial charge in [-0.3, -0.25) is 4.79 Å². The second-order valence-electron chi connectivity index (χ2n) is 2.44. The molecule has 0 unspecified atom stereocenters. The van der Waals surface area contributed by atoms with E-state index in [-0.39, 0.29) is 9.26 Å². The van der Waals surface area contributed by atoms with Crippen molar-refractivity contribution in [1.29, 1.82) is 5.26 Å². The summed E-state index contributed by atoms with van der Waals surface area (Å²) in [5, 5.41) is 7.72. The summed E-state index contributed by atoms with van der Waals surface area (Å²) in [6.07, 6.45) is -1.85. The largest absolute Gasteiger partial charge is 0.275 e. The van der Waals surface area contributed by atoms with Gasteiger partial charge in [0.1, 0.15) is 9.77 Å². The molecule has 78 valence electrons. The fraction of sp³-hybridized carbons (Fsp3) is 0.125. The molecule has 0 aliphatic carbocycles. The highest BCUT2D eigenvalue weighted by Crippen LogP contribution is 2.28. The molecule has 0 spiro atoms. The number of pyridine rings is 1. The molecular formula is C8H2ClF2IN2O. The van der Waals surface area contributed by atoms with E-state index in [1.165, 1.54) is 6.07 Å². The van der Waals surface area contributed by atoms with E-state index in [0.717, 1.165) is 6.20 Å². The van der Waals surface area contributed by atoms with Gasteiger partial charge in [0, 0.05) is 6.20 Å². The van der Waals surface area contributed by atoms with E-state index in [9.17, 15) is 13.6 Å². The van der Waals surface area contributed by atoms with Crippen LogP contribution in [0.3, 0.4) is 0 Å². The minimum absolute atomic E-state index is 0.0131. The van der Waals surface area contributed by atoms with E-state index in [1.807, 2.05) is 0 Å². The van der Waals surface area contributed by atoms with E-state index in [0.29, 0.717) is 0 Å². The summed E-state index contributed by atoms with van der Waals surface area (Å²) in [6.45, 7) is 0. The van der Waals surface area contributed by atoms with Gasteiger partial charge in [-0.05, 0) is 34.2 Å². The highest BCUT2D eigenvalue weighted by molar-refractivity contribution is 14.1. The van der Waals surface area contributed by atoms with Crippen molar-refractivity contribution < 1.29 is 13.6 Å². The van der Waals surface area contributed by atoms with E-state index in [2.05, 4.69) is 4.98 Å². The first-order chi connectivity index (χ1) is 6.99. The first-order valence-corrected chi connectivity index (χ1v) is 5.01. The van der Waals surface area contributed by atoms with Crippen LogP contribution < -0.4 is 0 Å². The van der Waals surface area contributed by atoms with Crippen LogP contribution in [0, 0.1) is 15.0 Å². The van der Waals surface area contributed by atoms with Gasteiger partial charge < -0.3 is 0 Å². The summed E-state index contributed by atoms with van der Waals surface area (Å²) in [6, 6.07) is 1.54. The smallest absolute Gasteiger partial charge is 0.267 e. The number of nitrogens with zero attached hydrogens (tertiary/aromatic N) is 2. The minimum atomic E-state index is -2.87. The second kappa shape index (κ2) is 4.81. The molecule has 0 aliphatic rings. The zero-order valence-electron chi connectivity index (χ0n) is 6.97. The SMILES string of the molecule is N#Cc1c(C(=O)Cl)cnc(I)c1C(F)F. The lowest BCUT2D eigenvalue weighted by Gasteiger charge is -2.06. The van der Waals surface area contributed by atoms with Gasteiger partial charge in [0.25, 0.3) is 11.7 Å². The molecule has 0 fully saturated rings. The Morgan fingerprint density at radius 3 is 2.67 bits per heavy atom. The summed E-state index contributed by atoms with van der Waals surface area (Å²) in [5.74, 6) is 0. The minimum Gasteiger partial charge on any atom is -0.275 e. The van der Waals surface area contributed by atoms with Gasteiger partial charge in [-0.25, -0.2) is 13.8 Å². The van der Waals surface area contributed by atoms with Crippen LogP contribution in [0.25, 0.3) is 0 Å². The van der Waals surface area contributed by atoms with Gasteiger partial charge in [-0.15, -0.1) is 0 Å². The molecule has 0 atom stereocenters. The molecule has 0 radical (unpaired) electrons. The third-order valence-corrected chi connectivity index (χ3v) is 2.67. The van der Waals surface area contributed by atoms with Gasteiger partial charge in [0.05, 0.1) is 16.7 Å². The van der Waals surface area contributed by atoms with Crippen molar-refractivity contribution in [2.24, 2.45) is 0 Å². The Morgan fingerprint density at radius 1 is 1.67 bits per heavy atom. The average molecular weight is 342 g/mol. The summed E-state index contributed by atoms with van der Waals surface area (Å²) < 4.78 is 25.1. The molecule has 1 rings (SSSR count). The van der Waals surface area contributed by atoms with Gasteiger partial charge in [0.15, 0.2) is 0 Å². The number of carbonyl (C=O) groups is 1. The maximum absolute atomic E-state index is 12.6. The van der Waals surface area contributed by atoms with Crippen molar-refractivity contribution in [3.63, 3.8) is 0 Å². The summed E-state index contributed by atoms with van der Waals surface area (Å²) in [4.78, 5) is 14.4. The Labute approximate surface area is 102 Å². The van der Waals surface area contributed by atoms with Crippen LogP contribution >= 0.6 is 34.2 Å². The monoisotopic (exact) mass is 342 g/mol. The zero-order valence-corrected chi connectivity index (χ0v) is 9.88. The molecule has 0 saturated carbocycles. The van der Waals surface area contributed by atoms with Crippen LogP contribution in [0.5, 0.6) is 0 Å². The maximum atomic E-state index is 12.6. The third kappa shape index (κ3) is 2.41. The van der Waals surface area contributed by atoms with E-state index in [1.54, 1.807) is 22.6 Å². The van der Waals surface area contributed by atoms with Gasteiger partial charge in [-0.1, -0.05) is 0 Å². The lowest BCUT2D eigenvalue weighted by atomic mass is 10.1. The lowest BCUT2D eigenvalue weighted by molar-refractivity contribution is 0.108. The number of rotatable bonds is 2. The molecule has 1 aromatic heterocycles. The van der Waals surface area contributed by atoms with Crippen molar-refractivity contribution in [1.82, 2.24) is 4.98 Å². The van der Waals surface area contributed by atoms with Crippen LogP contribution in [0.1, 0.15) is 27.9 Å². The predicted molar refractivity (Wildman–Crippen MR) is 56.8 cm³/mol. The van der Waals surface area contributed by atoms with Gasteiger partial charge in [0.2, 0.25) is 0 Å². The Hall–Kier alpha value is -0.810. The third-order valence-electron chi connectivity index (χ3n) is 1.61. The number of hydrogen-bond acceptors (Lipinski definition) is 3. The van der Waals surface area contributed by atoms with Crippen molar-refractivity contribution in [2.75, 3.05) is 0 Å². The van der Waals surface area contributed by atoms with Crippen LogP contribution in [-0.2, 0) is 0 Å². The van der Waals surface area contributed by atoms with Crippen LogP contribution in [0.2, 0.25) is 0 Å². The summed E-state index contributed by atoms with van der Waals surface area (Å²) in [7, 11) is 0. The molecule has 3 nitrogen and oxygen atoms in total. The predicted octanol–water partition coefficient (Wildman–Crippen LogP) is 2.87. The first-order valence-electron chi connectivity index (χ1n) is 3.55. The topological polar surface area (TPSA) is 53.8 Å². The molecule has 0 aliphatic heterocycles. The zero-order chi connectivity index (χ0) is 11.6. The first kappa shape index (κ1) is 12.3. The van der Waals surface area contributed by atoms with Crippen LogP contribution in [-0.4, -0.2) is 10.2 Å². The van der Waals surface area contributed by atoms with Gasteiger partial charge >= 0.3 is 0 Å². The molecule has 0 N–H and O–H groups in total. The number of aromatic nitrogens is 1. The quantitative estimate of drug-likeness (QED) is 0.472. The van der Waals surface area contributed by atoms with E-state index in [4.69, 9.17) is 16.9 Å². The summed E-state index contributed by atoms with van der Waals surface area (Å²) in [5.41, 5.74) is -1.26. The van der Waals surface area contributed by atoms with Gasteiger partial charge in [-0.2, -0.15) is 5.26 Å². The number of halogens is 4. The molecule has 7 heteroatoms. The Balaban J connectivity index is 3.56. The van der Waals surface area contributed by atoms with Crippen molar-refractivity contribution in [2.45, 2.75) is 6.43 Å². The normalized spacial score (nSPS) is 10.1. The number of nitriles is 1. The number of carbonyl (C=O) groups excluding carboxylic acids is 1. The van der Waals surface area contributed by atoms with E-state index >= 15 is 0 Å². The van der Waals surface area contributed by atoms with Crippen LogP contribution in [0.4, 0.5) is 8.78 Å². The Morgan fingerprint density at radius 2 is 2.27 bits per heavy atom. The Kier molecular flexibility index (Phi) is 3.93. The molecule has 0 saturated heterocycles. The molecular weight excluding hydrogens is 340 g/mol. The molecule has 1 aromatic rings. The van der Waals surface area contributed by atoms with Crippen molar-refractivity contribution in [3.8, 4) is 6.07 Å². The average Bonchev–Trinajstić information content (AvgIpc) is 2.15.